The van der Waals surface area contributed by atoms with Crippen molar-refractivity contribution in [2.75, 3.05) is 23.7 Å². The first-order valence-corrected chi connectivity index (χ1v) is 22.9. The Morgan fingerprint density at radius 1 is 0.692 bits per heavy atom. The summed E-state index contributed by atoms with van der Waals surface area (Å²) in [7, 11) is 0. The standard InChI is InChI=1S/C44H48N6O13S2/c1-17-31-29(19(3)51)40(56)49(31)33(43(60)61)35(17)64-25-13-27(45-15-25)37(53)46-23-9-5-7-21(11-23)39(55)48-16-26(14-28(48)38(54)47-24-10-6-8-22(12-24)42(58)59)65-36-18(2)32-30(20(4)52)41(57)50(32)34(36)44(62)63/h5-12,17-20,25-32,45,51-52H,13-16H2,1-4H3,(H,46,53)(H,47,54)(H,58,59)(H,60,61)(H,62,63)/t17-,18-,19-,20-,25+,26+,27+,28+,29-,30-,31-,32-/m1/s1. The number of aliphatic carboxylic acids is 2. The summed E-state index contributed by atoms with van der Waals surface area (Å²) in [6.45, 7) is 6.93. The topological polar surface area (TPSA) is 284 Å². The minimum Gasteiger partial charge on any atom is -0.478 e. The monoisotopic (exact) mass is 932 g/mol. The molecule has 21 heteroatoms. The second-order valence-corrected chi connectivity index (χ2v) is 20.1. The van der Waals surface area contributed by atoms with Gasteiger partial charge in [0.2, 0.25) is 23.6 Å². The average molecular weight is 933 g/mol. The number of fused-ring (bicyclic) bond motifs is 2. The molecule has 8 rings (SSSR count). The van der Waals surface area contributed by atoms with Gasteiger partial charge in [0.1, 0.15) is 17.4 Å². The van der Waals surface area contributed by atoms with E-state index in [4.69, 9.17) is 0 Å². The highest BCUT2D eigenvalue weighted by Gasteiger charge is 2.62. The van der Waals surface area contributed by atoms with Crippen molar-refractivity contribution in [3.05, 3.63) is 80.9 Å². The molecule has 0 aliphatic carbocycles. The number of nitrogens with one attached hydrogen (secondary N) is 3. The molecular formula is C44H48N6O13S2. The highest BCUT2D eigenvalue weighted by Crippen LogP contribution is 2.53. The van der Waals surface area contributed by atoms with Gasteiger partial charge in [-0.2, -0.15) is 0 Å². The Bertz CT molecular complexity index is 2480. The zero-order chi connectivity index (χ0) is 46.9. The van der Waals surface area contributed by atoms with Crippen molar-refractivity contribution < 1.29 is 63.9 Å². The minimum atomic E-state index is -1.32. The first kappa shape index (κ1) is 45.8. The maximum atomic E-state index is 14.4. The van der Waals surface area contributed by atoms with Crippen LogP contribution < -0.4 is 16.0 Å². The number of carboxylic acids is 3. The number of β-lactam (4-membered cyclic amide) rings is 2. The first-order valence-electron chi connectivity index (χ1n) is 21.2. The van der Waals surface area contributed by atoms with Gasteiger partial charge in [-0.3, -0.25) is 24.0 Å². The van der Waals surface area contributed by atoms with Crippen LogP contribution in [0.2, 0.25) is 0 Å². The van der Waals surface area contributed by atoms with E-state index in [0.29, 0.717) is 22.8 Å². The zero-order valence-corrected chi connectivity index (χ0v) is 37.2. The van der Waals surface area contributed by atoms with Crippen molar-refractivity contribution in [3.8, 4) is 0 Å². The van der Waals surface area contributed by atoms with Crippen LogP contribution in [-0.2, 0) is 28.8 Å². The molecule has 4 saturated heterocycles. The first-order chi connectivity index (χ1) is 30.8. The van der Waals surface area contributed by atoms with Gasteiger partial charge >= 0.3 is 17.9 Å². The number of rotatable bonds is 14. The highest BCUT2D eigenvalue weighted by molar-refractivity contribution is 8.04. The Morgan fingerprint density at radius 3 is 1.69 bits per heavy atom. The van der Waals surface area contributed by atoms with E-state index in [1.54, 1.807) is 19.1 Å². The summed E-state index contributed by atoms with van der Waals surface area (Å²) in [5.74, 6) is -8.57. The fourth-order valence-corrected chi connectivity index (χ4v) is 13.1. The van der Waals surface area contributed by atoms with Gasteiger partial charge in [-0.15, -0.1) is 23.5 Å². The van der Waals surface area contributed by atoms with Crippen molar-refractivity contribution in [2.24, 2.45) is 23.7 Å². The number of aromatic carboxylic acids is 1. The van der Waals surface area contributed by atoms with E-state index in [1.807, 2.05) is 6.92 Å². The van der Waals surface area contributed by atoms with Gasteiger partial charge in [-0.25, -0.2) is 14.4 Å². The van der Waals surface area contributed by atoms with Crippen LogP contribution in [-0.4, -0.2) is 148 Å². The predicted molar refractivity (Wildman–Crippen MR) is 235 cm³/mol. The van der Waals surface area contributed by atoms with Crippen LogP contribution in [0.4, 0.5) is 11.4 Å². The van der Waals surface area contributed by atoms with Crippen molar-refractivity contribution in [1.29, 1.82) is 0 Å². The normalized spacial score (nSPS) is 30.1. The molecule has 0 unspecified atom stereocenters. The quantitative estimate of drug-likeness (QED) is 0.126. The third kappa shape index (κ3) is 8.06. The Morgan fingerprint density at radius 2 is 1.18 bits per heavy atom. The fourth-order valence-electron chi connectivity index (χ4n) is 10.1. The fraction of sp³-hybridized carbons (Fsp3) is 0.455. The molecule has 19 nitrogen and oxygen atoms in total. The second kappa shape index (κ2) is 17.6. The lowest BCUT2D eigenvalue weighted by Crippen LogP contribution is -2.63. The number of hydrogen-bond acceptors (Lipinski definition) is 13. The van der Waals surface area contributed by atoms with Crippen molar-refractivity contribution in [3.63, 3.8) is 0 Å². The number of aliphatic hydroxyl groups is 2. The molecule has 0 spiro atoms. The summed E-state index contributed by atoms with van der Waals surface area (Å²) in [4.78, 5) is 109. The van der Waals surface area contributed by atoms with Crippen LogP contribution in [0.15, 0.2) is 69.7 Å². The van der Waals surface area contributed by atoms with Crippen LogP contribution in [0.3, 0.4) is 0 Å². The molecular weight excluding hydrogens is 885 g/mol. The Balaban J connectivity index is 0.977. The second-order valence-electron chi connectivity index (χ2n) is 17.4. The van der Waals surface area contributed by atoms with E-state index in [0.717, 1.165) is 11.8 Å². The van der Waals surface area contributed by atoms with Gasteiger partial charge in [0.15, 0.2) is 0 Å². The predicted octanol–water partition coefficient (Wildman–Crippen LogP) is 2.05. The third-order valence-corrected chi connectivity index (χ3v) is 16.2. The van der Waals surface area contributed by atoms with E-state index in [1.165, 1.54) is 76.7 Å². The molecule has 0 bridgehead atoms. The number of likely N-dealkylation sites (tertiary alicyclic amines) is 1. The van der Waals surface area contributed by atoms with Crippen LogP contribution in [0.1, 0.15) is 61.3 Å². The highest BCUT2D eigenvalue weighted by atomic mass is 32.2. The van der Waals surface area contributed by atoms with Gasteiger partial charge < -0.3 is 56.2 Å². The summed E-state index contributed by atoms with van der Waals surface area (Å²) in [6, 6.07) is 8.92. The molecule has 6 heterocycles. The molecule has 0 radical (unpaired) electrons. The molecule has 344 valence electrons. The molecule has 65 heavy (non-hydrogen) atoms. The number of hydrogen-bond donors (Lipinski definition) is 8. The molecule has 6 aliphatic rings. The van der Waals surface area contributed by atoms with E-state index in [-0.39, 0.29) is 58.0 Å². The zero-order valence-electron chi connectivity index (χ0n) is 35.5. The lowest BCUT2D eigenvalue weighted by atomic mass is 9.79. The number of aliphatic hydroxyl groups excluding tert-OH is 2. The maximum Gasteiger partial charge on any atom is 0.353 e. The van der Waals surface area contributed by atoms with Crippen molar-refractivity contribution in [1.82, 2.24) is 20.0 Å². The molecule has 8 N–H and O–H groups in total. The summed E-state index contributed by atoms with van der Waals surface area (Å²) in [5.41, 5.74) is 0.217. The number of anilines is 2. The van der Waals surface area contributed by atoms with Crippen molar-refractivity contribution in [2.45, 2.75) is 87.4 Å². The summed E-state index contributed by atoms with van der Waals surface area (Å²) >= 11 is 2.46. The molecule has 2 aromatic carbocycles. The van der Waals surface area contributed by atoms with E-state index in [9.17, 15) is 63.9 Å². The lowest BCUT2D eigenvalue weighted by molar-refractivity contribution is -0.163. The molecule has 5 amide bonds. The molecule has 0 aromatic heterocycles. The molecule has 6 aliphatic heterocycles. The van der Waals surface area contributed by atoms with Crippen LogP contribution in [0.5, 0.6) is 0 Å². The molecule has 12 atom stereocenters. The van der Waals surface area contributed by atoms with Gasteiger partial charge in [0.05, 0.1) is 47.7 Å². The Kier molecular flexibility index (Phi) is 12.4. The van der Waals surface area contributed by atoms with Crippen LogP contribution >= 0.6 is 23.5 Å². The average Bonchev–Trinajstić information content (AvgIpc) is 4.00. The Labute approximate surface area is 380 Å². The molecule has 2 aromatic rings. The maximum absolute atomic E-state index is 14.4. The van der Waals surface area contributed by atoms with Crippen LogP contribution in [0.25, 0.3) is 0 Å². The number of thioether (sulfide) groups is 2. The number of nitrogens with zero attached hydrogens (tertiary/aromatic N) is 3. The van der Waals surface area contributed by atoms with Gasteiger partial charge in [0, 0.05) is 62.2 Å². The van der Waals surface area contributed by atoms with E-state index in [2.05, 4.69) is 16.0 Å². The number of amides is 5. The van der Waals surface area contributed by atoms with Crippen LogP contribution in [0, 0.1) is 23.7 Å². The number of carboxylic acid groups (broad SMARTS) is 3. The summed E-state index contributed by atoms with van der Waals surface area (Å²) in [5, 5.41) is 58.3. The van der Waals surface area contributed by atoms with Gasteiger partial charge in [0.25, 0.3) is 5.91 Å². The SMILES string of the molecule is C[C@@H](O)[C@H]1C(=O)N2C(C(=O)O)=C(S[C@@H]3CN[C@H](C(=O)Nc4cccc(C(=O)N5C[C@@H](SC6=C(C(=O)O)N7C(=O)[C@H]([C@@H](C)O)[C@H]7[C@H]6C)C[C@H]5C(=O)Nc5cccc(C(=O)O)c5)c4)C3)[C@H](C)[C@H]12. The smallest absolute Gasteiger partial charge is 0.353 e. The van der Waals surface area contributed by atoms with Gasteiger partial charge in [-0.1, -0.05) is 26.0 Å². The summed E-state index contributed by atoms with van der Waals surface area (Å²) in [6.07, 6.45) is -1.56. The van der Waals surface area contributed by atoms with Crippen molar-refractivity contribution >= 4 is 82.3 Å². The van der Waals surface area contributed by atoms with Gasteiger partial charge in [-0.05, 0) is 63.1 Å². The third-order valence-electron chi connectivity index (χ3n) is 13.2. The molecule has 4 fully saturated rings. The lowest BCUT2D eigenvalue weighted by Gasteiger charge is -2.46. The largest absolute Gasteiger partial charge is 0.478 e. The van der Waals surface area contributed by atoms with E-state index >= 15 is 0 Å². The Hall–Kier alpha value is -5.74. The number of carbonyl (C=O) groups excluding carboxylic acids is 5. The van der Waals surface area contributed by atoms with E-state index < -0.39 is 107 Å². The number of carbonyl (C=O) groups is 8. The summed E-state index contributed by atoms with van der Waals surface area (Å²) < 4.78 is 0. The number of benzene rings is 2. The minimum absolute atomic E-state index is 0.0229. The molecule has 0 saturated carbocycles.